The summed E-state index contributed by atoms with van der Waals surface area (Å²) in [6.07, 6.45) is 9.51. The van der Waals surface area contributed by atoms with Crippen molar-refractivity contribution in [3.05, 3.63) is 24.2 Å². The first-order valence-electron chi connectivity index (χ1n) is 7.15. The van der Waals surface area contributed by atoms with Gasteiger partial charge in [0.05, 0.1) is 0 Å². The molecule has 4 heterocycles. The minimum absolute atomic E-state index is 0.0427. The number of piperidine rings is 1. The van der Waals surface area contributed by atoms with Gasteiger partial charge in [-0.3, -0.25) is 5.10 Å². The lowest BCUT2D eigenvalue weighted by molar-refractivity contribution is -0.000283. The van der Waals surface area contributed by atoms with Gasteiger partial charge in [0.25, 0.3) is 0 Å². The van der Waals surface area contributed by atoms with Crippen LogP contribution in [0.15, 0.2) is 18.6 Å². The minimum Gasteiger partial charge on any atom is -0.459 e. The maximum absolute atomic E-state index is 12.3. The monoisotopic (exact) mass is 274 g/mol. The molecule has 0 amide bonds. The van der Waals surface area contributed by atoms with Gasteiger partial charge in [0.1, 0.15) is 11.7 Å². The molecule has 0 aromatic carbocycles. The standard InChI is InChI=1S/C14H18N4O2/c1-17-9-2-3-10(17)7-11(6-9)20-14(19)12-8-16-18-5-4-15-13(12)18/h4-5,8-11,16H,2-3,6-7H2,1H3/t9-,10+,11?. The maximum Gasteiger partial charge on any atom is 0.343 e. The third-order valence-corrected chi connectivity index (χ3v) is 4.78. The molecule has 6 heteroatoms. The zero-order chi connectivity index (χ0) is 13.7. The lowest BCUT2D eigenvalue weighted by Gasteiger charge is -2.35. The van der Waals surface area contributed by atoms with Gasteiger partial charge in [0.15, 0.2) is 5.65 Å². The van der Waals surface area contributed by atoms with Crippen molar-refractivity contribution in [3.63, 3.8) is 0 Å². The molecule has 0 radical (unpaired) electrons. The number of aromatic nitrogens is 3. The van der Waals surface area contributed by atoms with Crippen LogP contribution in [-0.4, -0.2) is 50.7 Å². The SMILES string of the molecule is CN1[C@@H]2CC[C@H]1CC(OC(=O)c1c[nH]n3ccnc13)C2. The molecular weight excluding hydrogens is 256 g/mol. The van der Waals surface area contributed by atoms with E-state index in [4.69, 9.17) is 4.74 Å². The second-order valence-electron chi connectivity index (χ2n) is 5.86. The number of nitrogens with zero attached hydrogens (tertiary/aromatic N) is 3. The van der Waals surface area contributed by atoms with Crippen LogP contribution < -0.4 is 0 Å². The van der Waals surface area contributed by atoms with Crippen molar-refractivity contribution >= 4 is 11.6 Å². The van der Waals surface area contributed by atoms with Crippen LogP contribution in [0.3, 0.4) is 0 Å². The van der Waals surface area contributed by atoms with Gasteiger partial charge < -0.3 is 9.64 Å². The Hall–Kier alpha value is -1.82. The van der Waals surface area contributed by atoms with Crippen LogP contribution in [0.25, 0.3) is 5.65 Å². The number of fused-ring (bicyclic) bond motifs is 3. The summed E-state index contributed by atoms with van der Waals surface area (Å²) >= 11 is 0. The van der Waals surface area contributed by atoms with Crippen LogP contribution in [0.5, 0.6) is 0 Å². The molecule has 3 atom stereocenters. The highest BCUT2D eigenvalue weighted by Gasteiger charge is 2.40. The topological polar surface area (TPSA) is 62.6 Å². The highest BCUT2D eigenvalue weighted by atomic mass is 16.5. The molecule has 106 valence electrons. The van der Waals surface area contributed by atoms with Crippen molar-refractivity contribution in [2.24, 2.45) is 0 Å². The summed E-state index contributed by atoms with van der Waals surface area (Å²) in [5, 5.41) is 2.97. The Bertz CT molecular complexity index is 632. The molecule has 0 spiro atoms. The fraction of sp³-hybridized carbons (Fsp3) is 0.571. The molecule has 20 heavy (non-hydrogen) atoms. The van der Waals surface area contributed by atoms with Crippen LogP contribution >= 0.6 is 0 Å². The predicted molar refractivity (Wildman–Crippen MR) is 72.6 cm³/mol. The van der Waals surface area contributed by atoms with Gasteiger partial charge in [-0.1, -0.05) is 0 Å². The van der Waals surface area contributed by atoms with E-state index in [1.807, 2.05) is 0 Å². The lowest BCUT2D eigenvalue weighted by atomic mass is 10.0. The highest BCUT2D eigenvalue weighted by Crippen LogP contribution is 2.35. The fourth-order valence-corrected chi connectivity index (χ4v) is 3.63. The van der Waals surface area contributed by atoms with Gasteiger partial charge >= 0.3 is 5.97 Å². The van der Waals surface area contributed by atoms with Crippen molar-refractivity contribution in [2.45, 2.75) is 43.9 Å². The molecule has 1 N–H and O–H groups in total. The number of carbonyl (C=O) groups is 1. The summed E-state index contributed by atoms with van der Waals surface area (Å²) in [4.78, 5) is 18.9. The number of aromatic amines is 1. The van der Waals surface area contributed by atoms with E-state index in [-0.39, 0.29) is 12.1 Å². The number of ether oxygens (including phenoxy) is 1. The number of hydrogen-bond acceptors (Lipinski definition) is 4. The predicted octanol–water partition coefficient (Wildman–Crippen LogP) is 1.44. The van der Waals surface area contributed by atoms with Crippen molar-refractivity contribution in [1.29, 1.82) is 0 Å². The molecule has 2 aliphatic heterocycles. The van der Waals surface area contributed by atoms with Gasteiger partial charge in [0, 0.05) is 43.5 Å². The summed E-state index contributed by atoms with van der Waals surface area (Å²) in [5.41, 5.74) is 1.15. The van der Waals surface area contributed by atoms with E-state index >= 15 is 0 Å². The van der Waals surface area contributed by atoms with Crippen molar-refractivity contribution in [1.82, 2.24) is 19.5 Å². The molecule has 4 rings (SSSR count). The Balaban J connectivity index is 1.50. The summed E-state index contributed by atoms with van der Waals surface area (Å²) in [6, 6.07) is 1.15. The van der Waals surface area contributed by atoms with E-state index in [2.05, 4.69) is 22.0 Å². The molecular formula is C14H18N4O2. The Morgan fingerprint density at radius 2 is 2.15 bits per heavy atom. The van der Waals surface area contributed by atoms with Gasteiger partial charge in [-0.2, -0.15) is 0 Å². The lowest BCUT2D eigenvalue weighted by Crippen LogP contribution is -2.43. The van der Waals surface area contributed by atoms with Crippen LogP contribution in [-0.2, 0) is 4.74 Å². The Kier molecular flexibility index (Phi) is 2.60. The normalized spacial score (nSPS) is 29.9. The first-order valence-corrected chi connectivity index (χ1v) is 7.15. The number of H-pyrrole nitrogens is 1. The molecule has 0 aliphatic carbocycles. The van der Waals surface area contributed by atoms with Gasteiger partial charge in [-0.05, 0) is 19.9 Å². The molecule has 1 unspecified atom stereocenters. The van der Waals surface area contributed by atoms with E-state index < -0.39 is 0 Å². The summed E-state index contributed by atoms with van der Waals surface area (Å²) < 4.78 is 7.42. The molecule has 2 aromatic heterocycles. The molecule has 2 saturated heterocycles. The van der Waals surface area contributed by atoms with E-state index in [9.17, 15) is 4.79 Å². The Labute approximate surface area is 116 Å². The van der Waals surface area contributed by atoms with Crippen molar-refractivity contribution in [2.75, 3.05) is 7.05 Å². The van der Waals surface area contributed by atoms with E-state index in [0.29, 0.717) is 23.3 Å². The Morgan fingerprint density at radius 1 is 1.40 bits per heavy atom. The number of esters is 1. The molecule has 2 aromatic rings. The summed E-state index contributed by atoms with van der Waals surface area (Å²) in [7, 11) is 2.18. The largest absolute Gasteiger partial charge is 0.459 e. The zero-order valence-electron chi connectivity index (χ0n) is 11.5. The second kappa shape index (κ2) is 4.34. The van der Waals surface area contributed by atoms with Gasteiger partial charge in [-0.15, -0.1) is 0 Å². The molecule has 2 fully saturated rings. The summed E-state index contributed by atoms with van der Waals surface area (Å²) in [5.74, 6) is -0.267. The van der Waals surface area contributed by atoms with Crippen LogP contribution in [0.4, 0.5) is 0 Å². The average Bonchev–Trinajstić information content (AvgIpc) is 3.05. The summed E-state index contributed by atoms with van der Waals surface area (Å²) in [6.45, 7) is 0. The fourth-order valence-electron chi connectivity index (χ4n) is 3.63. The zero-order valence-corrected chi connectivity index (χ0v) is 11.5. The molecule has 2 aliphatic rings. The first-order chi connectivity index (χ1) is 9.72. The van der Waals surface area contributed by atoms with E-state index in [1.165, 1.54) is 12.8 Å². The van der Waals surface area contributed by atoms with Crippen molar-refractivity contribution in [3.8, 4) is 0 Å². The van der Waals surface area contributed by atoms with Crippen LogP contribution in [0, 0.1) is 0 Å². The number of imidazole rings is 1. The first kappa shape index (κ1) is 12.0. The van der Waals surface area contributed by atoms with Crippen LogP contribution in [0.1, 0.15) is 36.0 Å². The number of carbonyl (C=O) groups excluding carboxylic acids is 1. The van der Waals surface area contributed by atoms with Gasteiger partial charge in [-0.25, -0.2) is 14.3 Å². The second-order valence-corrected chi connectivity index (χ2v) is 5.86. The van der Waals surface area contributed by atoms with E-state index in [0.717, 1.165) is 12.8 Å². The van der Waals surface area contributed by atoms with Crippen molar-refractivity contribution < 1.29 is 9.53 Å². The average molecular weight is 274 g/mol. The van der Waals surface area contributed by atoms with Crippen LogP contribution in [0.2, 0.25) is 0 Å². The third-order valence-electron chi connectivity index (χ3n) is 4.78. The maximum atomic E-state index is 12.3. The van der Waals surface area contributed by atoms with E-state index in [1.54, 1.807) is 23.1 Å². The molecule has 0 saturated carbocycles. The molecule has 6 nitrogen and oxygen atoms in total. The van der Waals surface area contributed by atoms with Gasteiger partial charge in [0.2, 0.25) is 0 Å². The third kappa shape index (κ3) is 1.75. The smallest absolute Gasteiger partial charge is 0.343 e. The number of hydrogen-bond donors (Lipinski definition) is 1. The Morgan fingerprint density at radius 3 is 2.90 bits per heavy atom. The molecule has 2 bridgehead atoms. The number of nitrogens with one attached hydrogen (secondary N) is 1. The quantitative estimate of drug-likeness (QED) is 0.842. The number of rotatable bonds is 2. The minimum atomic E-state index is -0.267. The highest BCUT2D eigenvalue weighted by molar-refractivity contribution is 5.95.